The second-order valence-corrected chi connectivity index (χ2v) is 7.91. The average molecular weight is 527 g/mol. The normalized spacial score (nSPS) is 14.5. The van der Waals surface area contributed by atoms with Crippen LogP contribution in [0.25, 0.3) is 11.3 Å². The molecule has 1 aliphatic heterocycles. The number of aromatic nitrogens is 1. The van der Waals surface area contributed by atoms with Gasteiger partial charge in [0.25, 0.3) is 0 Å². The zero-order chi connectivity index (χ0) is 20.9. The number of nitrogens with one attached hydrogen (secondary N) is 2. The van der Waals surface area contributed by atoms with Crippen LogP contribution in [-0.2, 0) is 11.3 Å². The van der Waals surface area contributed by atoms with Crippen molar-refractivity contribution >= 4 is 36.0 Å². The lowest BCUT2D eigenvalue weighted by molar-refractivity contribution is 0.00701. The minimum atomic E-state index is -0.485. The van der Waals surface area contributed by atoms with Gasteiger partial charge in [-0.05, 0) is 27.7 Å². The van der Waals surface area contributed by atoms with Crippen molar-refractivity contribution in [1.29, 1.82) is 0 Å². The highest BCUT2D eigenvalue weighted by Crippen LogP contribution is 2.20. The van der Waals surface area contributed by atoms with E-state index < -0.39 is 5.60 Å². The van der Waals surface area contributed by atoms with Crippen molar-refractivity contribution in [2.24, 2.45) is 4.99 Å². The van der Waals surface area contributed by atoms with E-state index in [4.69, 9.17) is 9.15 Å². The van der Waals surface area contributed by atoms with Crippen molar-refractivity contribution in [2.45, 2.75) is 45.9 Å². The molecule has 0 unspecified atom stereocenters. The van der Waals surface area contributed by atoms with Gasteiger partial charge in [0.2, 0.25) is 5.89 Å². The highest BCUT2D eigenvalue weighted by molar-refractivity contribution is 14.0. The van der Waals surface area contributed by atoms with Crippen LogP contribution in [0.4, 0.5) is 4.79 Å². The number of amides is 1. The first-order valence-electron chi connectivity index (χ1n) is 9.87. The summed E-state index contributed by atoms with van der Waals surface area (Å²) < 4.78 is 11.2. The van der Waals surface area contributed by atoms with Crippen LogP contribution in [0.1, 0.15) is 33.6 Å². The van der Waals surface area contributed by atoms with Crippen LogP contribution in [0.3, 0.4) is 0 Å². The fraction of sp³-hybridized carbons (Fsp3) is 0.476. The van der Waals surface area contributed by atoms with Gasteiger partial charge in [-0.2, -0.15) is 0 Å². The molecule has 1 aromatic carbocycles. The van der Waals surface area contributed by atoms with Crippen molar-refractivity contribution in [3.8, 4) is 11.3 Å². The Kier molecular flexibility index (Phi) is 8.51. The summed E-state index contributed by atoms with van der Waals surface area (Å²) >= 11 is 0. The largest absolute Gasteiger partial charge is 0.444 e. The van der Waals surface area contributed by atoms with Crippen LogP contribution < -0.4 is 10.6 Å². The SMILES string of the molecule is CCNC(=NCc1ncc(-c2ccccc2)o1)NC1CN(C(=O)OC(C)(C)C)C1.I. The first-order valence-corrected chi connectivity index (χ1v) is 9.87. The molecular weight excluding hydrogens is 497 g/mol. The van der Waals surface area contributed by atoms with Gasteiger partial charge in [0.05, 0.1) is 12.2 Å². The zero-order valence-corrected chi connectivity index (χ0v) is 20.2. The lowest BCUT2D eigenvalue weighted by Gasteiger charge is -2.40. The summed E-state index contributed by atoms with van der Waals surface area (Å²) in [4.78, 5) is 22.6. The average Bonchev–Trinajstić information content (AvgIpc) is 3.10. The fourth-order valence-electron chi connectivity index (χ4n) is 2.82. The Labute approximate surface area is 194 Å². The first kappa shape index (κ1) is 24.0. The Balaban J connectivity index is 0.00000320. The molecule has 0 aliphatic carbocycles. The molecule has 2 aromatic rings. The smallest absolute Gasteiger partial charge is 0.410 e. The van der Waals surface area contributed by atoms with E-state index in [-0.39, 0.29) is 36.1 Å². The lowest BCUT2D eigenvalue weighted by atomic mass is 10.1. The van der Waals surface area contributed by atoms with Crippen LogP contribution in [0.5, 0.6) is 0 Å². The summed E-state index contributed by atoms with van der Waals surface area (Å²) in [5.74, 6) is 1.94. The predicted molar refractivity (Wildman–Crippen MR) is 127 cm³/mol. The molecule has 2 heterocycles. The number of carbonyl (C=O) groups excluding carboxylic acids is 1. The molecule has 0 bridgehead atoms. The minimum absolute atomic E-state index is 0. The number of hydrogen-bond acceptors (Lipinski definition) is 5. The van der Waals surface area contributed by atoms with Crippen molar-refractivity contribution < 1.29 is 13.9 Å². The van der Waals surface area contributed by atoms with Crippen molar-refractivity contribution in [3.05, 3.63) is 42.4 Å². The van der Waals surface area contributed by atoms with Gasteiger partial charge in [0.1, 0.15) is 12.1 Å². The quantitative estimate of drug-likeness (QED) is 0.351. The van der Waals surface area contributed by atoms with Gasteiger partial charge < -0.3 is 24.7 Å². The molecule has 2 N–H and O–H groups in total. The topological polar surface area (TPSA) is 92.0 Å². The van der Waals surface area contributed by atoms with E-state index in [1.807, 2.05) is 58.0 Å². The molecule has 0 spiro atoms. The molecule has 3 rings (SSSR count). The third-order valence-corrected chi connectivity index (χ3v) is 4.20. The third-order valence-electron chi connectivity index (χ3n) is 4.20. The summed E-state index contributed by atoms with van der Waals surface area (Å²) in [6.45, 7) is 9.81. The maximum absolute atomic E-state index is 12.0. The molecule has 0 radical (unpaired) electrons. The number of benzene rings is 1. The summed E-state index contributed by atoms with van der Waals surface area (Å²) in [6, 6.07) is 9.97. The van der Waals surface area contributed by atoms with Gasteiger partial charge in [-0.25, -0.2) is 14.8 Å². The summed E-state index contributed by atoms with van der Waals surface area (Å²) in [5, 5.41) is 6.54. The maximum atomic E-state index is 12.0. The fourth-order valence-corrected chi connectivity index (χ4v) is 2.82. The molecule has 0 saturated carbocycles. The Morgan fingerprint density at radius 3 is 2.63 bits per heavy atom. The molecule has 164 valence electrons. The van der Waals surface area contributed by atoms with Crippen LogP contribution in [-0.4, -0.2) is 53.2 Å². The third kappa shape index (κ3) is 6.89. The Hall–Kier alpha value is -2.30. The second-order valence-electron chi connectivity index (χ2n) is 7.91. The number of nitrogens with zero attached hydrogens (tertiary/aromatic N) is 3. The molecule has 1 aromatic heterocycles. The van der Waals surface area contributed by atoms with E-state index in [0.717, 1.165) is 17.9 Å². The molecule has 30 heavy (non-hydrogen) atoms. The highest BCUT2D eigenvalue weighted by Gasteiger charge is 2.34. The van der Waals surface area contributed by atoms with Crippen LogP contribution in [0, 0.1) is 0 Å². The first-order chi connectivity index (χ1) is 13.8. The van der Waals surface area contributed by atoms with Gasteiger partial charge in [0, 0.05) is 25.2 Å². The van der Waals surface area contributed by atoms with E-state index in [9.17, 15) is 4.79 Å². The van der Waals surface area contributed by atoms with E-state index in [2.05, 4.69) is 20.6 Å². The van der Waals surface area contributed by atoms with Crippen molar-refractivity contribution in [2.75, 3.05) is 19.6 Å². The van der Waals surface area contributed by atoms with Crippen LogP contribution >= 0.6 is 24.0 Å². The molecule has 1 saturated heterocycles. The summed E-state index contributed by atoms with van der Waals surface area (Å²) in [6.07, 6.45) is 1.43. The zero-order valence-electron chi connectivity index (χ0n) is 17.8. The Morgan fingerprint density at radius 2 is 2.00 bits per heavy atom. The number of likely N-dealkylation sites (tertiary alicyclic amines) is 1. The van der Waals surface area contributed by atoms with Gasteiger partial charge in [0.15, 0.2) is 11.7 Å². The van der Waals surface area contributed by atoms with Gasteiger partial charge in [-0.3, -0.25) is 0 Å². The molecule has 1 aliphatic rings. The van der Waals surface area contributed by atoms with Crippen LogP contribution in [0.15, 0.2) is 45.9 Å². The lowest BCUT2D eigenvalue weighted by Crippen LogP contribution is -2.63. The summed E-state index contributed by atoms with van der Waals surface area (Å²) in [5.41, 5.74) is 0.498. The summed E-state index contributed by atoms with van der Waals surface area (Å²) in [7, 11) is 0. The molecule has 8 nitrogen and oxygen atoms in total. The molecular formula is C21H30IN5O3. The molecule has 1 fully saturated rings. The van der Waals surface area contributed by atoms with Gasteiger partial charge in [-0.15, -0.1) is 24.0 Å². The minimum Gasteiger partial charge on any atom is -0.444 e. The number of guanidine groups is 1. The predicted octanol–water partition coefficient (Wildman–Crippen LogP) is 3.63. The maximum Gasteiger partial charge on any atom is 0.410 e. The van der Waals surface area contributed by atoms with E-state index in [1.165, 1.54) is 0 Å². The monoisotopic (exact) mass is 527 g/mol. The van der Waals surface area contributed by atoms with Crippen molar-refractivity contribution in [3.63, 3.8) is 0 Å². The van der Waals surface area contributed by atoms with Gasteiger partial charge >= 0.3 is 6.09 Å². The van der Waals surface area contributed by atoms with E-state index >= 15 is 0 Å². The highest BCUT2D eigenvalue weighted by atomic mass is 127. The number of rotatable bonds is 5. The number of oxazole rings is 1. The molecule has 1 amide bonds. The number of carbonyl (C=O) groups is 1. The Bertz CT molecular complexity index is 842. The second kappa shape index (κ2) is 10.6. The number of halogens is 1. The molecule has 0 atom stereocenters. The number of hydrogen-bond donors (Lipinski definition) is 2. The number of aliphatic imine (C=N–C) groups is 1. The van der Waals surface area contributed by atoms with Gasteiger partial charge in [-0.1, -0.05) is 30.3 Å². The standard InChI is InChI=1S/C21H29N5O3.HI/c1-5-22-19(25-16-13-26(14-16)20(27)29-21(2,3)4)24-12-18-23-11-17(28-18)15-9-7-6-8-10-15;/h6-11,16H,5,12-14H2,1-4H3,(H2,22,24,25);1H. The Morgan fingerprint density at radius 1 is 1.30 bits per heavy atom. The van der Waals surface area contributed by atoms with E-state index in [0.29, 0.717) is 31.5 Å². The van der Waals surface area contributed by atoms with E-state index in [1.54, 1.807) is 11.1 Å². The molecule has 9 heteroatoms. The number of ether oxygens (including phenoxy) is 1. The van der Waals surface area contributed by atoms with Crippen LogP contribution in [0.2, 0.25) is 0 Å². The van der Waals surface area contributed by atoms with Crippen molar-refractivity contribution in [1.82, 2.24) is 20.5 Å².